The molecule has 14 heteroatoms. The van der Waals surface area contributed by atoms with E-state index in [0.717, 1.165) is 44.1 Å². The van der Waals surface area contributed by atoms with Gasteiger partial charge in [-0.1, -0.05) is 13.8 Å². The standard InChI is InChI=1S/C41H64O14/c1-19-36(47)28(42)15-34(50-19)54-38-21(3)52-35(17-30(38)44)55-37-20(2)51-33(16-29(37)43)53-24-8-10-39(4)23(13-24)6-7-26-27(39)14-31(45)40(5)25(9-11-41(26,40)48)22-12-32(46)49-18-22/h12,19-21,23-31,33-38,42-45,47-48H,6-11,13-18H2,1-5H3/t19-,20-,21-,23-,24+,25?,26-,27-,28+,29+,30+,31-,33+,34+,35+,36-,37-,38-,39+,40+,41+/m1/s1. The van der Waals surface area contributed by atoms with Gasteiger partial charge in [-0.2, -0.15) is 0 Å². The summed E-state index contributed by atoms with van der Waals surface area (Å²) in [7, 11) is 0. The van der Waals surface area contributed by atoms with Crippen LogP contribution in [0.3, 0.4) is 0 Å². The van der Waals surface area contributed by atoms with Gasteiger partial charge in [-0.3, -0.25) is 0 Å². The van der Waals surface area contributed by atoms with E-state index < -0.39 is 90.9 Å². The maximum absolute atomic E-state index is 12.6. The molecule has 7 fully saturated rings. The summed E-state index contributed by atoms with van der Waals surface area (Å²) in [6, 6.07) is 0. The summed E-state index contributed by atoms with van der Waals surface area (Å²) in [5.74, 6) is 0.204. The third kappa shape index (κ3) is 6.95. The summed E-state index contributed by atoms with van der Waals surface area (Å²) in [6.07, 6.45) is -1.51. The van der Waals surface area contributed by atoms with Crippen molar-refractivity contribution in [2.45, 2.75) is 197 Å². The number of carbonyl (C=O) groups excluding carboxylic acids is 1. The fourth-order valence-corrected chi connectivity index (χ4v) is 12.8. The normalized spacial score (nSPS) is 55.5. The van der Waals surface area contributed by atoms with Gasteiger partial charge in [-0.25, -0.2) is 4.79 Å². The van der Waals surface area contributed by atoms with Gasteiger partial charge in [-0.15, -0.1) is 0 Å². The van der Waals surface area contributed by atoms with Gasteiger partial charge in [0.15, 0.2) is 18.9 Å². The summed E-state index contributed by atoms with van der Waals surface area (Å²) in [5, 5.41) is 66.9. The van der Waals surface area contributed by atoms with Gasteiger partial charge in [-0.05, 0) is 107 Å². The Hall–Kier alpha value is -1.27. The molecule has 4 heterocycles. The highest BCUT2D eigenvalue weighted by atomic mass is 16.7. The van der Waals surface area contributed by atoms with Crippen LogP contribution in [-0.4, -0.2) is 135 Å². The van der Waals surface area contributed by atoms with E-state index in [9.17, 15) is 35.4 Å². The Morgan fingerprint density at radius 1 is 0.691 bits per heavy atom. The molecule has 3 saturated heterocycles. The SMILES string of the molecule is C[C@H]1O[C@@H](O[C@H]2[C@@H](O)C[C@H](O[C@H]3[C@@H](O)C[C@H](O[C@H]4CC[C@@]5(C)[C@H](CC[C@@H]6[C@H]5C[C@@H](O)[C@]5(C)C(C7=CC(=O)OC7)CC[C@]65O)C4)O[C@@H]3C)O[C@@H]2C)C[C@H](O)[C@@H]1O. The molecule has 6 N–H and O–H groups in total. The minimum Gasteiger partial charge on any atom is -0.458 e. The largest absolute Gasteiger partial charge is 0.458 e. The molecule has 4 aliphatic heterocycles. The lowest BCUT2D eigenvalue weighted by Crippen LogP contribution is -2.67. The summed E-state index contributed by atoms with van der Waals surface area (Å²) >= 11 is 0. The van der Waals surface area contributed by atoms with Crippen molar-refractivity contribution in [3.05, 3.63) is 11.6 Å². The Kier molecular flexibility index (Phi) is 11.1. The Morgan fingerprint density at radius 3 is 1.87 bits per heavy atom. The average molecular weight is 781 g/mol. The van der Waals surface area contributed by atoms with Crippen molar-refractivity contribution in [3.8, 4) is 0 Å². The number of aliphatic hydroxyl groups is 6. The lowest BCUT2D eigenvalue weighted by molar-refractivity contribution is -0.336. The molecular formula is C41H64O14. The van der Waals surface area contributed by atoms with Crippen molar-refractivity contribution in [2.75, 3.05) is 6.61 Å². The van der Waals surface area contributed by atoms with Crippen LogP contribution in [0.5, 0.6) is 0 Å². The molecule has 55 heavy (non-hydrogen) atoms. The molecule has 0 amide bonds. The van der Waals surface area contributed by atoms with Crippen LogP contribution >= 0.6 is 0 Å². The van der Waals surface area contributed by atoms with Gasteiger partial charge < -0.3 is 63.8 Å². The van der Waals surface area contributed by atoms with Gasteiger partial charge in [0, 0.05) is 30.8 Å². The van der Waals surface area contributed by atoms with Crippen LogP contribution in [0.4, 0.5) is 0 Å². The molecule has 0 spiro atoms. The number of cyclic esters (lactones) is 1. The number of rotatable bonds is 7. The van der Waals surface area contributed by atoms with Crippen LogP contribution in [0, 0.1) is 34.5 Å². The molecule has 8 aliphatic rings. The monoisotopic (exact) mass is 780 g/mol. The Morgan fingerprint density at radius 2 is 1.29 bits per heavy atom. The van der Waals surface area contributed by atoms with E-state index in [1.807, 2.05) is 13.8 Å². The summed E-state index contributed by atoms with van der Waals surface area (Å²) in [6.45, 7) is 9.90. The number of fused-ring (bicyclic) bond motifs is 5. The Labute approximate surface area is 323 Å². The van der Waals surface area contributed by atoms with E-state index >= 15 is 0 Å². The average Bonchev–Trinajstić information content (AvgIpc) is 3.67. The van der Waals surface area contributed by atoms with E-state index in [1.165, 1.54) is 0 Å². The lowest BCUT2D eigenvalue weighted by atomic mass is 9.42. The number of aliphatic hydroxyl groups excluding tert-OH is 5. The maximum Gasteiger partial charge on any atom is 0.331 e. The van der Waals surface area contributed by atoms with Crippen LogP contribution in [0.15, 0.2) is 11.6 Å². The zero-order chi connectivity index (χ0) is 39.2. The van der Waals surface area contributed by atoms with Crippen LogP contribution < -0.4 is 0 Å². The van der Waals surface area contributed by atoms with E-state index in [2.05, 4.69) is 6.92 Å². The van der Waals surface area contributed by atoms with Gasteiger partial charge in [0.2, 0.25) is 0 Å². The van der Waals surface area contributed by atoms with Crippen molar-refractivity contribution >= 4 is 5.97 Å². The Balaban J connectivity index is 0.837. The fraction of sp³-hybridized carbons (Fsp3) is 0.927. The van der Waals surface area contributed by atoms with Crippen LogP contribution in [0.2, 0.25) is 0 Å². The van der Waals surface area contributed by atoms with Crippen LogP contribution in [0.25, 0.3) is 0 Å². The van der Waals surface area contributed by atoms with Gasteiger partial charge >= 0.3 is 5.97 Å². The first-order chi connectivity index (χ1) is 26.0. The minimum absolute atomic E-state index is 0.0452. The van der Waals surface area contributed by atoms with Gasteiger partial charge in [0.25, 0.3) is 0 Å². The van der Waals surface area contributed by atoms with Gasteiger partial charge in [0.05, 0.1) is 54.4 Å². The number of ether oxygens (including phenoxy) is 7. The van der Waals surface area contributed by atoms with E-state index in [1.54, 1.807) is 19.9 Å². The molecule has 0 bridgehead atoms. The smallest absolute Gasteiger partial charge is 0.331 e. The molecule has 0 radical (unpaired) electrons. The highest BCUT2D eigenvalue weighted by molar-refractivity contribution is 5.85. The quantitative estimate of drug-likeness (QED) is 0.162. The maximum atomic E-state index is 12.6. The van der Waals surface area contributed by atoms with Crippen molar-refractivity contribution in [1.82, 2.24) is 0 Å². The van der Waals surface area contributed by atoms with Crippen LogP contribution in [-0.2, 0) is 38.0 Å². The number of hydrogen-bond donors (Lipinski definition) is 6. The number of carbonyl (C=O) groups is 1. The van der Waals surface area contributed by atoms with Crippen molar-refractivity contribution < 1.29 is 68.6 Å². The first-order valence-corrected chi connectivity index (χ1v) is 20.9. The van der Waals surface area contributed by atoms with Crippen molar-refractivity contribution in [3.63, 3.8) is 0 Å². The van der Waals surface area contributed by atoms with E-state index in [-0.39, 0.29) is 61.1 Å². The second-order valence-corrected chi connectivity index (χ2v) is 18.8. The molecule has 4 aliphatic carbocycles. The molecule has 312 valence electrons. The minimum atomic E-state index is -1.01. The van der Waals surface area contributed by atoms with Crippen LogP contribution in [0.1, 0.15) is 105 Å². The number of hydrogen-bond acceptors (Lipinski definition) is 14. The third-order valence-corrected chi connectivity index (χ3v) is 16.0. The molecule has 0 aromatic carbocycles. The van der Waals surface area contributed by atoms with E-state index in [4.69, 9.17) is 33.2 Å². The summed E-state index contributed by atoms with van der Waals surface area (Å²) < 4.78 is 42.1. The zero-order valence-electron chi connectivity index (χ0n) is 32.9. The van der Waals surface area contributed by atoms with E-state index in [0.29, 0.717) is 18.8 Å². The molecule has 1 unspecified atom stereocenters. The zero-order valence-corrected chi connectivity index (χ0v) is 32.9. The predicted octanol–water partition coefficient (Wildman–Crippen LogP) is 2.22. The first kappa shape index (κ1) is 40.5. The molecular weight excluding hydrogens is 716 g/mol. The molecule has 0 aromatic rings. The van der Waals surface area contributed by atoms with Gasteiger partial charge in [0.1, 0.15) is 24.9 Å². The fourth-order valence-electron chi connectivity index (χ4n) is 12.8. The van der Waals surface area contributed by atoms with Crippen molar-refractivity contribution in [1.29, 1.82) is 0 Å². The first-order valence-electron chi connectivity index (χ1n) is 20.9. The highest BCUT2D eigenvalue weighted by Crippen LogP contribution is 2.70. The molecule has 0 aromatic heterocycles. The second-order valence-electron chi connectivity index (χ2n) is 18.8. The molecule has 4 saturated carbocycles. The lowest BCUT2D eigenvalue weighted by Gasteiger charge is -2.65. The van der Waals surface area contributed by atoms with Crippen molar-refractivity contribution in [2.24, 2.45) is 34.5 Å². The second kappa shape index (κ2) is 15.1. The highest BCUT2D eigenvalue weighted by Gasteiger charge is 2.71. The molecule has 14 nitrogen and oxygen atoms in total. The number of esters is 1. The Bertz CT molecular complexity index is 1410. The summed E-state index contributed by atoms with van der Waals surface area (Å²) in [4.78, 5) is 11.9. The molecule has 8 rings (SSSR count). The molecule has 21 atom stereocenters. The summed E-state index contributed by atoms with van der Waals surface area (Å²) in [5.41, 5.74) is -0.892. The topological polar surface area (TPSA) is 203 Å². The third-order valence-electron chi connectivity index (χ3n) is 16.0. The predicted molar refractivity (Wildman–Crippen MR) is 193 cm³/mol.